The van der Waals surface area contributed by atoms with Crippen LogP contribution in [-0.4, -0.2) is 16.9 Å². The van der Waals surface area contributed by atoms with Gasteiger partial charge in [-0.15, -0.1) is 0 Å². The Morgan fingerprint density at radius 3 is 2.17 bits per heavy atom. The van der Waals surface area contributed by atoms with Crippen molar-refractivity contribution in [1.82, 2.24) is 0 Å². The Morgan fingerprint density at radius 1 is 1.17 bits per heavy atom. The van der Waals surface area contributed by atoms with E-state index in [1.165, 1.54) is 0 Å². The van der Waals surface area contributed by atoms with Crippen LogP contribution in [0.1, 0.15) is 22.3 Å². The fourth-order valence-corrected chi connectivity index (χ4v) is 1.26. The molecule has 0 saturated heterocycles. The highest BCUT2D eigenvalue weighted by atomic mass is 19.4. The van der Waals surface area contributed by atoms with Gasteiger partial charge in [0.2, 0.25) is 0 Å². The molecular formula is C10H5F5O3. The Labute approximate surface area is 96.8 Å². The molecule has 0 unspecified atom stereocenters. The number of hydrogen-bond acceptors (Lipinski definition) is 2. The summed E-state index contributed by atoms with van der Waals surface area (Å²) in [6.45, 7) is 0. The lowest BCUT2D eigenvalue weighted by atomic mass is 10.0. The maximum atomic E-state index is 13.4. The third-order valence-corrected chi connectivity index (χ3v) is 1.99. The van der Waals surface area contributed by atoms with Crippen molar-refractivity contribution in [1.29, 1.82) is 0 Å². The molecule has 98 valence electrons. The first kappa shape index (κ1) is 14.1. The van der Waals surface area contributed by atoms with E-state index < -0.39 is 47.1 Å². The Kier molecular flexibility index (Phi) is 3.68. The Bertz CT molecular complexity index is 507. The van der Waals surface area contributed by atoms with E-state index in [0.717, 1.165) is 0 Å². The van der Waals surface area contributed by atoms with Gasteiger partial charge in [-0.2, -0.15) is 13.2 Å². The number of benzene rings is 1. The predicted molar refractivity (Wildman–Crippen MR) is 47.9 cm³/mol. The summed E-state index contributed by atoms with van der Waals surface area (Å²) >= 11 is 0. The fourth-order valence-electron chi connectivity index (χ4n) is 1.26. The fraction of sp³-hybridized carbons (Fsp3) is 0.200. The van der Waals surface area contributed by atoms with E-state index in [9.17, 15) is 31.5 Å². The molecule has 1 aromatic rings. The van der Waals surface area contributed by atoms with Crippen LogP contribution in [0, 0.1) is 11.6 Å². The number of carboxylic acid groups (broad SMARTS) is 1. The minimum absolute atomic E-state index is 0.265. The third kappa shape index (κ3) is 2.82. The van der Waals surface area contributed by atoms with Crippen molar-refractivity contribution < 1.29 is 36.6 Å². The van der Waals surface area contributed by atoms with E-state index in [1.54, 1.807) is 0 Å². The largest absolute Gasteiger partial charge is 0.481 e. The third-order valence-electron chi connectivity index (χ3n) is 1.99. The zero-order valence-electron chi connectivity index (χ0n) is 8.52. The Hall–Kier alpha value is -1.99. The molecule has 0 aliphatic heterocycles. The molecule has 0 amide bonds. The predicted octanol–water partition coefficient (Wildman–Crippen LogP) is 2.64. The quantitative estimate of drug-likeness (QED) is 0.521. The minimum atomic E-state index is -5.31. The summed E-state index contributed by atoms with van der Waals surface area (Å²) in [6, 6.07) is 0.742. The number of carboxylic acids is 1. The van der Waals surface area contributed by atoms with Crippen LogP contribution in [-0.2, 0) is 11.0 Å². The van der Waals surface area contributed by atoms with Gasteiger partial charge in [-0.25, -0.2) is 8.78 Å². The minimum Gasteiger partial charge on any atom is -0.481 e. The summed E-state index contributed by atoms with van der Waals surface area (Å²) < 4.78 is 63.1. The molecule has 1 aromatic carbocycles. The molecule has 18 heavy (non-hydrogen) atoms. The molecule has 0 heterocycles. The van der Waals surface area contributed by atoms with Gasteiger partial charge in [0, 0.05) is 0 Å². The van der Waals surface area contributed by atoms with Gasteiger partial charge in [0.25, 0.3) is 0 Å². The van der Waals surface area contributed by atoms with Crippen molar-refractivity contribution in [2.45, 2.75) is 12.6 Å². The standard InChI is InChI=1S/C10H5F5O3/c11-5-2-1-4(6(16)3-7(17)18)9(12)8(5)10(13,14)15/h1-2H,3H2,(H,17,18). The molecule has 1 rings (SSSR count). The smallest absolute Gasteiger partial charge is 0.422 e. The maximum Gasteiger partial charge on any atom is 0.422 e. The average Bonchev–Trinajstić information content (AvgIpc) is 2.13. The SMILES string of the molecule is O=C(O)CC(=O)c1ccc(F)c(C(F)(F)F)c1F. The van der Waals surface area contributed by atoms with E-state index in [1.807, 2.05) is 0 Å². The summed E-state index contributed by atoms with van der Waals surface area (Å²) in [7, 11) is 0. The number of alkyl halides is 3. The highest BCUT2D eigenvalue weighted by Crippen LogP contribution is 2.34. The first-order valence-corrected chi connectivity index (χ1v) is 4.44. The molecular weight excluding hydrogens is 263 g/mol. The van der Waals surface area contributed by atoms with Crippen LogP contribution in [0.15, 0.2) is 12.1 Å². The van der Waals surface area contributed by atoms with Crippen LogP contribution >= 0.6 is 0 Å². The molecule has 3 nitrogen and oxygen atoms in total. The van der Waals surface area contributed by atoms with E-state index in [4.69, 9.17) is 5.11 Å². The van der Waals surface area contributed by atoms with Gasteiger partial charge >= 0.3 is 12.1 Å². The van der Waals surface area contributed by atoms with Crippen LogP contribution in [0.4, 0.5) is 22.0 Å². The number of ketones is 1. The first-order valence-electron chi connectivity index (χ1n) is 4.44. The first-order chi connectivity index (χ1) is 8.14. The van der Waals surface area contributed by atoms with Gasteiger partial charge < -0.3 is 5.11 Å². The highest BCUT2D eigenvalue weighted by molar-refractivity contribution is 6.05. The summed E-state index contributed by atoms with van der Waals surface area (Å²) in [5.41, 5.74) is -3.31. The summed E-state index contributed by atoms with van der Waals surface area (Å²) in [4.78, 5) is 21.4. The van der Waals surface area contributed by atoms with Gasteiger partial charge in [0.15, 0.2) is 5.78 Å². The van der Waals surface area contributed by atoms with E-state index in [0.29, 0.717) is 6.07 Å². The molecule has 0 aliphatic rings. The van der Waals surface area contributed by atoms with Crippen LogP contribution in [0.25, 0.3) is 0 Å². The van der Waals surface area contributed by atoms with Crippen molar-refractivity contribution in [3.05, 3.63) is 34.9 Å². The number of carbonyl (C=O) groups is 2. The highest BCUT2D eigenvalue weighted by Gasteiger charge is 2.39. The average molecular weight is 268 g/mol. The molecule has 0 spiro atoms. The molecule has 1 N–H and O–H groups in total. The Morgan fingerprint density at radius 2 is 1.72 bits per heavy atom. The van der Waals surface area contributed by atoms with Crippen molar-refractivity contribution >= 4 is 11.8 Å². The lowest BCUT2D eigenvalue weighted by molar-refractivity contribution is -0.142. The number of aliphatic carboxylic acids is 1. The van der Waals surface area contributed by atoms with Crippen molar-refractivity contribution in [3.63, 3.8) is 0 Å². The summed E-state index contributed by atoms with van der Waals surface area (Å²) in [5.74, 6) is -6.97. The van der Waals surface area contributed by atoms with Crippen molar-refractivity contribution in [2.75, 3.05) is 0 Å². The van der Waals surface area contributed by atoms with Crippen LogP contribution in [0.5, 0.6) is 0 Å². The summed E-state index contributed by atoms with van der Waals surface area (Å²) in [6.07, 6.45) is -6.49. The van der Waals surface area contributed by atoms with Crippen LogP contribution in [0.2, 0.25) is 0 Å². The van der Waals surface area contributed by atoms with E-state index in [-0.39, 0.29) is 6.07 Å². The van der Waals surface area contributed by atoms with Crippen molar-refractivity contribution in [2.24, 2.45) is 0 Å². The van der Waals surface area contributed by atoms with Gasteiger partial charge in [-0.05, 0) is 12.1 Å². The Balaban J connectivity index is 3.34. The van der Waals surface area contributed by atoms with E-state index >= 15 is 0 Å². The van der Waals surface area contributed by atoms with Gasteiger partial charge in [0.05, 0.1) is 5.56 Å². The zero-order valence-corrected chi connectivity index (χ0v) is 8.52. The van der Waals surface area contributed by atoms with Gasteiger partial charge in [-0.1, -0.05) is 0 Å². The molecule has 8 heteroatoms. The van der Waals surface area contributed by atoms with Gasteiger partial charge in [-0.3, -0.25) is 9.59 Å². The van der Waals surface area contributed by atoms with Crippen LogP contribution in [0.3, 0.4) is 0 Å². The van der Waals surface area contributed by atoms with Gasteiger partial charge in [0.1, 0.15) is 23.6 Å². The van der Waals surface area contributed by atoms with Crippen molar-refractivity contribution in [3.8, 4) is 0 Å². The molecule has 0 aliphatic carbocycles. The van der Waals surface area contributed by atoms with E-state index in [2.05, 4.69) is 0 Å². The monoisotopic (exact) mass is 268 g/mol. The lowest BCUT2D eigenvalue weighted by Gasteiger charge is -2.11. The second kappa shape index (κ2) is 4.71. The molecule has 0 radical (unpaired) electrons. The molecule has 0 atom stereocenters. The number of hydrogen-bond donors (Lipinski definition) is 1. The number of rotatable bonds is 3. The molecule has 0 saturated carbocycles. The zero-order chi connectivity index (χ0) is 14.1. The second-order valence-electron chi connectivity index (χ2n) is 3.28. The normalized spacial score (nSPS) is 11.4. The molecule has 0 fully saturated rings. The number of halogens is 5. The topological polar surface area (TPSA) is 54.4 Å². The summed E-state index contributed by atoms with van der Waals surface area (Å²) in [5, 5.41) is 8.28. The van der Waals surface area contributed by atoms with Crippen LogP contribution < -0.4 is 0 Å². The molecule has 0 aromatic heterocycles. The second-order valence-corrected chi connectivity index (χ2v) is 3.28. The lowest BCUT2D eigenvalue weighted by Crippen LogP contribution is -2.16. The number of Topliss-reactive ketones (excluding diaryl/α,β-unsaturated/α-hetero) is 1. The maximum absolute atomic E-state index is 13.4. The molecule has 0 bridgehead atoms. The number of carbonyl (C=O) groups excluding carboxylic acids is 1.